The van der Waals surface area contributed by atoms with E-state index in [9.17, 15) is 4.79 Å². The van der Waals surface area contributed by atoms with Crippen molar-refractivity contribution >= 4 is 11.6 Å². The van der Waals surface area contributed by atoms with Gasteiger partial charge in [0.05, 0.1) is 18.4 Å². The summed E-state index contributed by atoms with van der Waals surface area (Å²) in [6.07, 6.45) is 3.69. The number of para-hydroxylation sites is 1. The number of methoxy groups -OCH3 is 1. The molecular formula is C14H22N2O3. The first-order valence-corrected chi connectivity index (χ1v) is 6.52. The molecular weight excluding hydrogens is 244 g/mol. The van der Waals surface area contributed by atoms with Crippen molar-refractivity contribution in [1.29, 1.82) is 0 Å². The summed E-state index contributed by atoms with van der Waals surface area (Å²) < 4.78 is 5.14. The first-order chi connectivity index (χ1) is 9.20. The Morgan fingerprint density at radius 2 is 2.05 bits per heavy atom. The zero-order valence-electron chi connectivity index (χ0n) is 11.3. The number of unbranched alkanes of at least 4 members (excludes halogenated alkanes) is 3. The van der Waals surface area contributed by atoms with Gasteiger partial charge in [0, 0.05) is 13.2 Å². The van der Waals surface area contributed by atoms with E-state index in [2.05, 4.69) is 5.32 Å². The molecule has 19 heavy (non-hydrogen) atoms. The summed E-state index contributed by atoms with van der Waals surface area (Å²) in [7, 11) is 1.50. The van der Waals surface area contributed by atoms with Crippen molar-refractivity contribution in [3.8, 4) is 5.75 Å². The Hall–Kier alpha value is -1.75. The monoisotopic (exact) mass is 266 g/mol. The molecule has 1 aromatic carbocycles. The molecule has 0 aliphatic rings. The molecule has 0 fully saturated rings. The molecule has 0 radical (unpaired) electrons. The van der Waals surface area contributed by atoms with Gasteiger partial charge in [-0.1, -0.05) is 18.9 Å². The first-order valence-electron chi connectivity index (χ1n) is 6.52. The van der Waals surface area contributed by atoms with E-state index in [0.29, 0.717) is 23.5 Å². The van der Waals surface area contributed by atoms with Crippen molar-refractivity contribution in [1.82, 2.24) is 5.32 Å². The molecule has 0 aliphatic carbocycles. The summed E-state index contributed by atoms with van der Waals surface area (Å²) in [5.74, 6) is 0.242. The van der Waals surface area contributed by atoms with Gasteiger partial charge in [0.15, 0.2) is 5.75 Å². The molecule has 1 aromatic rings. The van der Waals surface area contributed by atoms with Gasteiger partial charge in [-0.25, -0.2) is 0 Å². The standard InChI is InChI=1S/C14H22N2O3/c1-19-13-11(7-6-8-12(13)15)14(18)16-9-4-2-3-5-10-17/h6-8,17H,2-5,9-10,15H2,1H3,(H,16,18). The van der Waals surface area contributed by atoms with Crippen molar-refractivity contribution < 1.29 is 14.6 Å². The molecule has 0 saturated carbocycles. The Morgan fingerprint density at radius 1 is 1.32 bits per heavy atom. The number of amides is 1. The zero-order valence-corrected chi connectivity index (χ0v) is 11.3. The van der Waals surface area contributed by atoms with Gasteiger partial charge in [-0.15, -0.1) is 0 Å². The fourth-order valence-electron chi connectivity index (χ4n) is 1.85. The van der Waals surface area contributed by atoms with Gasteiger partial charge in [-0.05, 0) is 25.0 Å². The molecule has 5 heteroatoms. The largest absolute Gasteiger partial charge is 0.494 e. The van der Waals surface area contributed by atoms with E-state index in [1.807, 2.05) is 0 Å². The molecule has 0 saturated heterocycles. The Morgan fingerprint density at radius 3 is 2.74 bits per heavy atom. The Bertz CT molecular complexity index is 408. The second-order valence-corrected chi connectivity index (χ2v) is 4.32. The lowest BCUT2D eigenvalue weighted by Crippen LogP contribution is -2.25. The van der Waals surface area contributed by atoms with Gasteiger partial charge in [0.1, 0.15) is 0 Å². The quantitative estimate of drug-likeness (QED) is 0.492. The van der Waals surface area contributed by atoms with Crippen LogP contribution in [0.25, 0.3) is 0 Å². The SMILES string of the molecule is COc1c(N)cccc1C(=O)NCCCCCCO. The first kappa shape index (κ1) is 15.3. The van der Waals surface area contributed by atoms with Crippen molar-refractivity contribution in [3.05, 3.63) is 23.8 Å². The highest BCUT2D eigenvalue weighted by molar-refractivity contribution is 5.98. The van der Waals surface area contributed by atoms with Crippen molar-refractivity contribution in [2.75, 3.05) is 26.0 Å². The molecule has 1 amide bonds. The Balaban J connectivity index is 2.43. The third kappa shape index (κ3) is 4.79. The van der Waals surface area contributed by atoms with Gasteiger partial charge in [-0.3, -0.25) is 4.79 Å². The molecule has 0 atom stereocenters. The topological polar surface area (TPSA) is 84.6 Å². The Kier molecular flexibility index (Phi) is 6.74. The van der Waals surface area contributed by atoms with Crippen molar-refractivity contribution in [2.45, 2.75) is 25.7 Å². The third-order valence-electron chi connectivity index (χ3n) is 2.86. The number of aliphatic hydroxyl groups is 1. The Labute approximate surface area is 113 Å². The second-order valence-electron chi connectivity index (χ2n) is 4.32. The fourth-order valence-corrected chi connectivity index (χ4v) is 1.85. The average molecular weight is 266 g/mol. The van der Waals surface area contributed by atoms with Crippen molar-refractivity contribution in [3.63, 3.8) is 0 Å². The summed E-state index contributed by atoms with van der Waals surface area (Å²) in [4.78, 5) is 12.0. The van der Waals surface area contributed by atoms with E-state index in [0.717, 1.165) is 25.7 Å². The molecule has 0 bridgehead atoms. The number of nitrogens with one attached hydrogen (secondary N) is 1. The average Bonchev–Trinajstić information content (AvgIpc) is 2.42. The van der Waals surface area contributed by atoms with Crippen LogP contribution in [0.2, 0.25) is 0 Å². The maximum atomic E-state index is 12.0. The van der Waals surface area contributed by atoms with Crippen LogP contribution >= 0.6 is 0 Å². The molecule has 106 valence electrons. The maximum absolute atomic E-state index is 12.0. The van der Waals surface area contributed by atoms with Crippen LogP contribution in [-0.4, -0.2) is 31.3 Å². The molecule has 0 unspecified atom stereocenters. The zero-order chi connectivity index (χ0) is 14.1. The number of carbonyl (C=O) groups is 1. The molecule has 1 rings (SSSR count). The minimum atomic E-state index is -0.175. The van der Waals surface area contributed by atoms with Gasteiger partial charge >= 0.3 is 0 Å². The van der Waals surface area contributed by atoms with E-state index in [1.54, 1.807) is 18.2 Å². The number of nitrogen functional groups attached to an aromatic ring is 1. The number of aliphatic hydroxyl groups excluding tert-OH is 1. The summed E-state index contributed by atoms with van der Waals surface area (Å²) in [6.45, 7) is 0.842. The summed E-state index contributed by atoms with van der Waals surface area (Å²) >= 11 is 0. The minimum absolute atomic E-state index is 0.175. The molecule has 0 aliphatic heterocycles. The van der Waals surface area contributed by atoms with Crippen LogP contribution in [-0.2, 0) is 0 Å². The van der Waals surface area contributed by atoms with Gasteiger partial charge in [0.25, 0.3) is 5.91 Å². The number of nitrogens with two attached hydrogens (primary N) is 1. The summed E-state index contributed by atoms with van der Waals surface area (Å²) in [5.41, 5.74) is 6.66. The van der Waals surface area contributed by atoms with Crippen LogP contribution in [0.15, 0.2) is 18.2 Å². The number of carbonyl (C=O) groups excluding carboxylic acids is 1. The molecule has 0 heterocycles. The minimum Gasteiger partial charge on any atom is -0.494 e. The number of ether oxygens (including phenoxy) is 1. The molecule has 0 aromatic heterocycles. The van der Waals surface area contributed by atoms with Gasteiger partial charge in [0.2, 0.25) is 0 Å². The number of anilines is 1. The van der Waals surface area contributed by atoms with E-state index >= 15 is 0 Å². The van der Waals surface area contributed by atoms with Crippen molar-refractivity contribution in [2.24, 2.45) is 0 Å². The van der Waals surface area contributed by atoms with Crippen LogP contribution in [0.4, 0.5) is 5.69 Å². The smallest absolute Gasteiger partial charge is 0.255 e. The van der Waals surface area contributed by atoms with Crippen LogP contribution in [0.3, 0.4) is 0 Å². The lowest BCUT2D eigenvalue weighted by Gasteiger charge is -2.11. The highest BCUT2D eigenvalue weighted by atomic mass is 16.5. The number of benzene rings is 1. The van der Waals surface area contributed by atoms with Crippen LogP contribution in [0.5, 0.6) is 5.75 Å². The van der Waals surface area contributed by atoms with Gasteiger partial charge < -0.3 is 20.9 Å². The highest BCUT2D eigenvalue weighted by Gasteiger charge is 2.13. The second kappa shape index (κ2) is 8.37. The molecule has 0 spiro atoms. The van der Waals surface area contributed by atoms with E-state index in [1.165, 1.54) is 7.11 Å². The van der Waals surface area contributed by atoms with E-state index < -0.39 is 0 Å². The van der Waals surface area contributed by atoms with Crippen LogP contribution in [0, 0.1) is 0 Å². The fraction of sp³-hybridized carbons (Fsp3) is 0.500. The number of hydrogen-bond donors (Lipinski definition) is 3. The predicted molar refractivity (Wildman–Crippen MR) is 75.3 cm³/mol. The number of rotatable bonds is 8. The summed E-state index contributed by atoms with van der Waals surface area (Å²) in [6, 6.07) is 5.12. The highest BCUT2D eigenvalue weighted by Crippen LogP contribution is 2.25. The number of hydrogen-bond acceptors (Lipinski definition) is 4. The van der Waals surface area contributed by atoms with Crippen LogP contribution in [0.1, 0.15) is 36.0 Å². The predicted octanol–water partition coefficient (Wildman–Crippen LogP) is 1.56. The lowest BCUT2D eigenvalue weighted by molar-refractivity contribution is 0.0950. The maximum Gasteiger partial charge on any atom is 0.255 e. The van der Waals surface area contributed by atoms with E-state index in [-0.39, 0.29) is 12.5 Å². The summed E-state index contributed by atoms with van der Waals surface area (Å²) in [5, 5.41) is 11.5. The van der Waals surface area contributed by atoms with Gasteiger partial charge in [-0.2, -0.15) is 0 Å². The normalized spacial score (nSPS) is 10.2. The van der Waals surface area contributed by atoms with Crippen LogP contribution < -0.4 is 15.8 Å². The lowest BCUT2D eigenvalue weighted by atomic mass is 10.1. The molecule has 4 N–H and O–H groups in total. The molecule has 5 nitrogen and oxygen atoms in total. The third-order valence-corrected chi connectivity index (χ3v) is 2.86. The van der Waals surface area contributed by atoms with E-state index in [4.69, 9.17) is 15.6 Å².